The summed E-state index contributed by atoms with van der Waals surface area (Å²) in [7, 11) is 0. The molecule has 4 rings (SSSR count). The van der Waals surface area contributed by atoms with Gasteiger partial charge >= 0.3 is 0 Å². The second-order valence-corrected chi connectivity index (χ2v) is 5.55. The van der Waals surface area contributed by atoms with Crippen LogP contribution < -0.4 is 5.73 Å². The molecule has 0 amide bonds. The van der Waals surface area contributed by atoms with Crippen LogP contribution in [0.3, 0.4) is 0 Å². The van der Waals surface area contributed by atoms with Crippen LogP contribution in [-0.2, 0) is 5.54 Å². The molecule has 1 aliphatic rings. The maximum absolute atomic E-state index is 6.02. The highest BCUT2D eigenvalue weighted by molar-refractivity contribution is 7.17. The fourth-order valence-corrected chi connectivity index (χ4v) is 2.64. The van der Waals surface area contributed by atoms with E-state index in [1.54, 1.807) is 17.5 Å². The Morgan fingerprint density at radius 3 is 3.11 bits per heavy atom. The Balaban J connectivity index is 1.79. The fourth-order valence-electron chi connectivity index (χ4n) is 1.86. The molecule has 0 radical (unpaired) electrons. The average molecular weight is 258 g/mol. The van der Waals surface area contributed by atoms with Crippen molar-refractivity contribution in [3.63, 3.8) is 0 Å². The van der Waals surface area contributed by atoms with Gasteiger partial charge in [0.2, 0.25) is 11.7 Å². The van der Waals surface area contributed by atoms with Crippen molar-refractivity contribution in [3.05, 3.63) is 29.6 Å². The summed E-state index contributed by atoms with van der Waals surface area (Å²) in [4.78, 5) is 8.73. The van der Waals surface area contributed by atoms with Crippen molar-refractivity contribution >= 4 is 21.6 Å². The minimum atomic E-state index is -0.383. The van der Waals surface area contributed by atoms with E-state index in [9.17, 15) is 0 Å². The maximum atomic E-state index is 6.02. The molecule has 5 nitrogen and oxygen atoms in total. The van der Waals surface area contributed by atoms with Gasteiger partial charge in [-0.05, 0) is 30.4 Å². The highest BCUT2D eigenvalue weighted by Gasteiger charge is 2.45. The van der Waals surface area contributed by atoms with Crippen LogP contribution >= 0.6 is 11.3 Å². The Labute approximate surface area is 107 Å². The van der Waals surface area contributed by atoms with Gasteiger partial charge in [-0.15, -0.1) is 11.3 Å². The van der Waals surface area contributed by atoms with E-state index in [1.807, 2.05) is 17.5 Å². The van der Waals surface area contributed by atoms with E-state index in [1.165, 1.54) is 0 Å². The average Bonchev–Trinajstić information content (AvgIpc) is 2.89. The van der Waals surface area contributed by atoms with Crippen LogP contribution in [0, 0.1) is 0 Å². The van der Waals surface area contributed by atoms with Crippen molar-refractivity contribution in [1.82, 2.24) is 15.1 Å². The molecule has 1 aliphatic carbocycles. The van der Waals surface area contributed by atoms with Gasteiger partial charge in [0.05, 0.1) is 15.8 Å². The van der Waals surface area contributed by atoms with Gasteiger partial charge in [-0.2, -0.15) is 4.98 Å². The third kappa shape index (κ3) is 1.46. The van der Waals surface area contributed by atoms with Crippen LogP contribution in [0.2, 0.25) is 0 Å². The molecule has 0 saturated heterocycles. The highest BCUT2D eigenvalue weighted by atomic mass is 32.1. The van der Waals surface area contributed by atoms with Crippen molar-refractivity contribution in [2.45, 2.75) is 18.4 Å². The van der Waals surface area contributed by atoms with Crippen LogP contribution in [0.15, 0.2) is 28.2 Å². The molecule has 3 aromatic rings. The Morgan fingerprint density at radius 1 is 1.39 bits per heavy atom. The number of pyridine rings is 1. The largest absolute Gasteiger partial charge is 0.337 e. The van der Waals surface area contributed by atoms with E-state index in [4.69, 9.17) is 10.3 Å². The smallest absolute Gasteiger partial charge is 0.247 e. The Hall–Kier alpha value is -1.79. The molecule has 90 valence electrons. The molecule has 6 heteroatoms. The van der Waals surface area contributed by atoms with E-state index in [0.717, 1.165) is 28.6 Å². The predicted octanol–water partition coefficient (Wildman–Crippen LogP) is 2.29. The molecule has 0 atom stereocenters. The molecule has 1 fully saturated rings. The molecule has 3 aromatic heterocycles. The number of fused-ring (bicyclic) bond motifs is 1. The first-order valence-electron chi connectivity index (χ1n) is 5.71. The number of thiophene rings is 1. The van der Waals surface area contributed by atoms with E-state index in [-0.39, 0.29) is 5.54 Å². The number of rotatable bonds is 2. The van der Waals surface area contributed by atoms with Crippen molar-refractivity contribution < 1.29 is 4.52 Å². The number of hydrogen-bond acceptors (Lipinski definition) is 6. The first-order chi connectivity index (χ1) is 8.74. The maximum Gasteiger partial charge on any atom is 0.247 e. The zero-order chi connectivity index (χ0) is 12.2. The minimum absolute atomic E-state index is 0.383. The number of nitrogens with two attached hydrogens (primary N) is 1. The summed E-state index contributed by atoms with van der Waals surface area (Å²) in [5.41, 5.74) is 7.50. The molecule has 1 saturated carbocycles. The van der Waals surface area contributed by atoms with E-state index in [0.29, 0.717) is 11.7 Å². The lowest BCUT2D eigenvalue weighted by molar-refractivity contribution is 0.348. The third-order valence-electron chi connectivity index (χ3n) is 3.20. The molecule has 18 heavy (non-hydrogen) atoms. The van der Waals surface area contributed by atoms with Crippen molar-refractivity contribution in [1.29, 1.82) is 0 Å². The number of aromatic nitrogens is 3. The van der Waals surface area contributed by atoms with E-state index in [2.05, 4.69) is 15.1 Å². The minimum Gasteiger partial charge on any atom is -0.337 e. The lowest BCUT2D eigenvalue weighted by Gasteiger charge is -1.98. The van der Waals surface area contributed by atoms with Crippen LogP contribution in [0.5, 0.6) is 0 Å². The molecule has 0 aromatic carbocycles. The summed E-state index contributed by atoms with van der Waals surface area (Å²) in [5.74, 6) is 1.09. The number of nitrogens with zero attached hydrogens (tertiary/aromatic N) is 3. The normalized spacial score (nSPS) is 17.2. The van der Waals surface area contributed by atoms with Crippen molar-refractivity contribution in [2.75, 3.05) is 0 Å². The van der Waals surface area contributed by atoms with Gasteiger partial charge in [0.1, 0.15) is 0 Å². The fraction of sp³-hybridized carbons (Fsp3) is 0.250. The lowest BCUT2D eigenvalue weighted by Crippen LogP contribution is -2.18. The number of hydrogen-bond donors (Lipinski definition) is 1. The SMILES string of the molecule is NC1(c2nc(-c3cnc4ccsc4c3)no2)CC1. The van der Waals surface area contributed by atoms with Crippen LogP contribution in [-0.4, -0.2) is 15.1 Å². The first-order valence-corrected chi connectivity index (χ1v) is 6.59. The first kappa shape index (κ1) is 10.2. The third-order valence-corrected chi connectivity index (χ3v) is 4.05. The van der Waals surface area contributed by atoms with Gasteiger partial charge in [0, 0.05) is 11.8 Å². The molecule has 3 heterocycles. The quantitative estimate of drug-likeness (QED) is 0.763. The van der Waals surface area contributed by atoms with Gasteiger partial charge in [0.25, 0.3) is 0 Å². The second kappa shape index (κ2) is 3.37. The summed E-state index contributed by atoms with van der Waals surface area (Å²) in [6.07, 6.45) is 3.59. The zero-order valence-electron chi connectivity index (χ0n) is 9.46. The monoisotopic (exact) mass is 258 g/mol. The Kier molecular flexibility index (Phi) is 1.90. The molecular formula is C12H10N4OS. The van der Waals surface area contributed by atoms with Gasteiger partial charge in [-0.1, -0.05) is 5.16 Å². The molecule has 2 N–H and O–H groups in total. The van der Waals surface area contributed by atoms with Gasteiger partial charge < -0.3 is 10.3 Å². The van der Waals surface area contributed by atoms with Crippen LogP contribution in [0.25, 0.3) is 21.6 Å². The lowest BCUT2D eigenvalue weighted by atomic mass is 10.2. The van der Waals surface area contributed by atoms with Gasteiger partial charge in [-0.3, -0.25) is 4.98 Å². The highest BCUT2D eigenvalue weighted by Crippen LogP contribution is 2.42. The molecule has 0 spiro atoms. The summed E-state index contributed by atoms with van der Waals surface area (Å²) >= 11 is 1.65. The van der Waals surface area contributed by atoms with E-state index >= 15 is 0 Å². The van der Waals surface area contributed by atoms with Crippen molar-refractivity contribution in [3.8, 4) is 11.4 Å². The van der Waals surface area contributed by atoms with Crippen molar-refractivity contribution in [2.24, 2.45) is 5.73 Å². The standard InChI is InChI=1S/C12H10N4OS/c13-12(2-3-12)11-15-10(16-17-11)7-5-9-8(14-6-7)1-4-18-9/h1,4-6H,2-3,13H2. The molecular weight excluding hydrogens is 248 g/mol. The second-order valence-electron chi connectivity index (χ2n) is 4.61. The topological polar surface area (TPSA) is 77.8 Å². The summed E-state index contributed by atoms with van der Waals surface area (Å²) in [6.45, 7) is 0. The van der Waals surface area contributed by atoms with Crippen LogP contribution in [0.4, 0.5) is 0 Å². The zero-order valence-corrected chi connectivity index (χ0v) is 10.3. The van der Waals surface area contributed by atoms with Gasteiger partial charge in [-0.25, -0.2) is 0 Å². The molecule has 0 aliphatic heterocycles. The molecule has 0 unspecified atom stereocenters. The summed E-state index contributed by atoms with van der Waals surface area (Å²) < 4.78 is 6.35. The Morgan fingerprint density at radius 2 is 2.28 bits per heavy atom. The Bertz CT molecular complexity index is 728. The van der Waals surface area contributed by atoms with Crippen LogP contribution in [0.1, 0.15) is 18.7 Å². The van der Waals surface area contributed by atoms with E-state index < -0.39 is 0 Å². The molecule has 0 bridgehead atoms. The van der Waals surface area contributed by atoms with Gasteiger partial charge in [0.15, 0.2) is 0 Å². The summed E-state index contributed by atoms with van der Waals surface area (Å²) in [6, 6.07) is 4.02. The summed E-state index contributed by atoms with van der Waals surface area (Å²) in [5, 5.41) is 6.00. The predicted molar refractivity (Wildman–Crippen MR) is 68.0 cm³/mol.